The van der Waals surface area contributed by atoms with E-state index in [1.807, 2.05) is 24.7 Å². The number of hydrogen-bond donors (Lipinski definition) is 1. The number of nitrogens with zero attached hydrogens (tertiary/aromatic N) is 2. The Morgan fingerprint density at radius 1 is 1.26 bits per heavy atom. The summed E-state index contributed by atoms with van der Waals surface area (Å²) in [7, 11) is 3.66. The van der Waals surface area contributed by atoms with Gasteiger partial charge < -0.3 is 10.1 Å². The predicted molar refractivity (Wildman–Crippen MR) is 77.7 cm³/mol. The summed E-state index contributed by atoms with van der Waals surface area (Å²) in [6.45, 7) is 6.90. The molecule has 1 N–H and O–H groups in total. The lowest BCUT2D eigenvalue weighted by Gasteiger charge is -2.11. The quantitative estimate of drug-likeness (QED) is 0.917. The molecular formula is C15H21N3O. The first-order chi connectivity index (χ1) is 9.02. The monoisotopic (exact) mass is 259 g/mol. The predicted octanol–water partition coefficient (Wildman–Crippen LogP) is 2.97. The molecule has 0 unspecified atom stereocenters. The van der Waals surface area contributed by atoms with Gasteiger partial charge in [0, 0.05) is 19.2 Å². The van der Waals surface area contributed by atoms with E-state index >= 15 is 0 Å². The van der Waals surface area contributed by atoms with E-state index in [0.29, 0.717) is 0 Å². The number of nitrogens with one attached hydrogen (secondary N) is 1. The molecule has 0 amide bonds. The fourth-order valence-electron chi connectivity index (χ4n) is 2.26. The third-order valence-electron chi connectivity index (χ3n) is 3.40. The molecule has 1 heterocycles. The Morgan fingerprint density at radius 3 is 2.58 bits per heavy atom. The molecule has 0 fully saturated rings. The minimum absolute atomic E-state index is 0.734. The Morgan fingerprint density at radius 2 is 2.00 bits per heavy atom. The average molecular weight is 259 g/mol. The van der Waals surface area contributed by atoms with Gasteiger partial charge >= 0.3 is 0 Å². The van der Waals surface area contributed by atoms with Crippen LogP contribution in [0.2, 0.25) is 0 Å². The summed E-state index contributed by atoms with van der Waals surface area (Å²) in [5.74, 6) is 0.914. The number of benzene rings is 1. The van der Waals surface area contributed by atoms with Gasteiger partial charge in [0.15, 0.2) is 0 Å². The van der Waals surface area contributed by atoms with Gasteiger partial charge in [0.05, 0.1) is 24.2 Å². The van der Waals surface area contributed by atoms with Crippen molar-refractivity contribution in [3.8, 4) is 5.75 Å². The molecular weight excluding hydrogens is 238 g/mol. The summed E-state index contributed by atoms with van der Waals surface area (Å²) < 4.78 is 7.29. The van der Waals surface area contributed by atoms with Crippen molar-refractivity contribution >= 4 is 5.69 Å². The van der Waals surface area contributed by atoms with Gasteiger partial charge in [0.1, 0.15) is 5.75 Å². The molecule has 0 radical (unpaired) electrons. The molecule has 0 atom stereocenters. The van der Waals surface area contributed by atoms with Gasteiger partial charge in [-0.25, -0.2) is 0 Å². The summed E-state index contributed by atoms with van der Waals surface area (Å²) in [5, 5.41) is 7.86. The van der Waals surface area contributed by atoms with Gasteiger partial charge in [-0.1, -0.05) is 17.7 Å². The zero-order chi connectivity index (χ0) is 14.0. The second-order valence-corrected chi connectivity index (χ2v) is 4.84. The summed E-state index contributed by atoms with van der Waals surface area (Å²) in [6, 6.07) is 6.21. The first-order valence-corrected chi connectivity index (χ1v) is 6.40. The minimum atomic E-state index is 0.734. The first-order valence-electron chi connectivity index (χ1n) is 6.40. The van der Waals surface area contributed by atoms with Crippen molar-refractivity contribution in [2.45, 2.75) is 27.3 Å². The van der Waals surface area contributed by atoms with Crippen LogP contribution in [0.25, 0.3) is 0 Å². The topological polar surface area (TPSA) is 39.1 Å². The zero-order valence-electron chi connectivity index (χ0n) is 12.2. The van der Waals surface area contributed by atoms with Crippen LogP contribution in [0.15, 0.2) is 18.2 Å². The highest BCUT2D eigenvalue weighted by molar-refractivity contribution is 5.53. The van der Waals surface area contributed by atoms with Crippen molar-refractivity contribution in [3.05, 3.63) is 40.7 Å². The summed E-state index contributed by atoms with van der Waals surface area (Å²) >= 11 is 0. The Bertz CT molecular complexity index is 587. The van der Waals surface area contributed by atoms with Crippen LogP contribution in [0.1, 0.15) is 22.5 Å². The first kappa shape index (κ1) is 13.5. The highest BCUT2D eigenvalue weighted by atomic mass is 16.5. The molecule has 0 saturated heterocycles. The summed E-state index contributed by atoms with van der Waals surface area (Å²) in [5.41, 5.74) is 5.66. The number of anilines is 1. The van der Waals surface area contributed by atoms with Crippen LogP contribution in [-0.2, 0) is 13.6 Å². The van der Waals surface area contributed by atoms with Crippen LogP contribution in [-0.4, -0.2) is 16.9 Å². The highest BCUT2D eigenvalue weighted by Gasteiger charge is 2.10. The van der Waals surface area contributed by atoms with E-state index in [9.17, 15) is 0 Å². The largest absolute Gasteiger partial charge is 0.496 e. The highest BCUT2D eigenvalue weighted by Crippen LogP contribution is 2.23. The molecule has 1 aromatic carbocycles. The molecule has 0 spiro atoms. The lowest BCUT2D eigenvalue weighted by Crippen LogP contribution is -2.04. The third-order valence-corrected chi connectivity index (χ3v) is 3.40. The molecule has 2 aromatic rings. The van der Waals surface area contributed by atoms with Crippen molar-refractivity contribution in [2.24, 2.45) is 7.05 Å². The number of aromatic nitrogens is 2. The summed E-state index contributed by atoms with van der Waals surface area (Å²) in [6.07, 6.45) is 0. The number of rotatable bonds is 4. The van der Waals surface area contributed by atoms with Gasteiger partial charge in [-0.05, 0) is 26.8 Å². The maximum atomic E-state index is 5.39. The normalized spacial score (nSPS) is 10.6. The molecule has 0 aliphatic rings. The van der Waals surface area contributed by atoms with Crippen molar-refractivity contribution in [1.29, 1.82) is 0 Å². The van der Waals surface area contributed by atoms with Gasteiger partial charge in [0.2, 0.25) is 0 Å². The third kappa shape index (κ3) is 2.72. The van der Waals surface area contributed by atoms with E-state index < -0.39 is 0 Å². The van der Waals surface area contributed by atoms with Crippen LogP contribution in [0.3, 0.4) is 0 Å². The second-order valence-electron chi connectivity index (χ2n) is 4.84. The van der Waals surface area contributed by atoms with E-state index in [1.165, 1.54) is 5.56 Å². The van der Waals surface area contributed by atoms with E-state index in [4.69, 9.17) is 4.74 Å². The van der Waals surface area contributed by atoms with Gasteiger partial charge in [0.25, 0.3) is 0 Å². The second kappa shape index (κ2) is 5.34. The molecule has 0 aliphatic carbocycles. The molecule has 4 nitrogen and oxygen atoms in total. The van der Waals surface area contributed by atoms with Gasteiger partial charge in [-0.15, -0.1) is 0 Å². The van der Waals surface area contributed by atoms with E-state index in [2.05, 4.69) is 36.4 Å². The SMILES string of the molecule is COc1ccc(C)cc1CNc1c(C)nn(C)c1C. The van der Waals surface area contributed by atoms with Crippen LogP contribution in [0.4, 0.5) is 5.69 Å². The molecule has 19 heavy (non-hydrogen) atoms. The maximum Gasteiger partial charge on any atom is 0.123 e. The van der Waals surface area contributed by atoms with Crippen molar-refractivity contribution in [2.75, 3.05) is 12.4 Å². The van der Waals surface area contributed by atoms with E-state index in [-0.39, 0.29) is 0 Å². The molecule has 2 rings (SSSR count). The van der Waals surface area contributed by atoms with E-state index in [0.717, 1.165) is 34.9 Å². The van der Waals surface area contributed by atoms with Crippen molar-refractivity contribution in [3.63, 3.8) is 0 Å². The van der Waals surface area contributed by atoms with Crippen LogP contribution in [0, 0.1) is 20.8 Å². The summed E-state index contributed by atoms with van der Waals surface area (Å²) in [4.78, 5) is 0. The van der Waals surface area contributed by atoms with Crippen LogP contribution >= 0.6 is 0 Å². The van der Waals surface area contributed by atoms with Crippen LogP contribution in [0.5, 0.6) is 5.75 Å². The Balaban J connectivity index is 2.21. The standard InChI is InChI=1S/C15H21N3O/c1-10-6-7-14(19-5)13(8-10)9-16-15-11(2)17-18(4)12(15)3/h6-8,16H,9H2,1-5H3. The number of aryl methyl sites for hydroxylation is 3. The molecule has 4 heteroatoms. The Kier molecular flexibility index (Phi) is 3.79. The Labute approximate surface area is 114 Å². The molecule has 0 aliphatic heterocycles. The molecule has 0 bridgehead atoms. The lowest BCUT2D eigenvalue weighted by molar-refractivity contribution is 0.410. The Hall–Kier alpha value is -1.97. The average Bonchev–Trinajstić information content (AvgIpc) is 2.61. The van der Waals surface area contributed by atoms with Gasteiger partial charge in [-0.2, -0.15) is 5.10 Å². The molecule has 102 valence electrons. The fraction of sp³-hybridized carbons (Fsp3) is 0.400. The maximum absolute atomic E-state index is 5.39. The molecule has 1 aromatic heterocycles. The fourth-order valence-corrected chi connectivity index (χ4v) is 2.26. The number of hydrogen-bond acceptors (Lipinski definition) is 3. The zero-order valence-corrected chi connectivity index (χ0v) is 12.2. The minimum Gasteiger partial charge on any atom is -0.496 e. The van der Waals surface area contributed by atoms with Crippen molar-refractivity contribution < 1.29 is 4.74 Å². The molecule has 0 saturated carbocycles. The number of methoxy groups -OCH3 is 1. The van der Waals surface area contributed by atoms with Crippen LogP contribution < -0.4 is 10.1 Å². The number of ether oxygens (including phenoxy) is 1. The van der Waals surface area contributed by atoms with E-state index in [1.54, 1.807) is 7.11 Å². The smallest absolute Gasteiger partial charge is 0.123 e. The van der Waals surface area contributed by atoms with Gasteiger partial charge in [-0.3, -0.25) is 4.68 Å². The van der Waals surface area contributed by atoms with Crippen molar-refractivity contribution in [1.82, 2.24) is 9.78 Å². The lowest BCUT2D eigenvalue weighted by atomic mass is 10.1.